The molecule has 9 nitrogen and oxygen atoms in total. The van der Waals surface area contributed by atoms with Gasteiger partial charge < -0.3 is 25.3 Å². The van der Waals surface area contributed by atoms with Crippen LogP contribution in [0.4, 0.5) is 11.8 Å². The number of ether oxygens (including phenoxy) is 1. The third kappa shape index (κ3) is 3.90. The zero-order valence-electron chi connectivity index (χ0n) is 12.2. The van der Waals surface area contributed by atoms with E-state index in [1.807, 2.05) is 0 Å². The Morgan fingerprint density at radius 1 is 1.10 bits per heavy atom. The second-order valence-electron chi connectivity index (χ2n) is 3.72. The normalized spacial score (nSPS) is 11.4. The summed E-state index contributed by atoms with van der Waals surface area (Å²) in [6.45, 7) is 5.16. The minimum absolute atomic E-state index is 0.0867. The topological polar surface area (TPSA) is 140 Å². The first kappa shape index (κ1) is 17.4. The standard InChI is InChI=1S/C11H19N4O5P/c1-4-18-10(16)7-8(12)14-11(13)15-9(7)21(17,19-5-2)20-6-3/h4-6H2,1-3H3,(H4,12,13,14,15). The van der Waals surface area contributed by atoms with Crippen LogP contribution >= 0.6 is 7.60 Å². The van der Waals surface area contributed by atoms with Gasteiger partial charge in [-0.2, -0.15) is 4.98 Å². The summed E-state index contributed by atoms with van der Waals surface area (Å²) in [5.74, 6) is -1.30. The van der Waals surface area contributed by atoms with Crippen molar-refractivity contribution < 1.29 is 23.1 Å². The molecule has 21 heavy (non-hydrogen) atoms. The van der Waals surface area contributed by atoms with Crippen molar-refractivity contribution in [1.82, 2.24) is 9.97 Å². The molecule has 1 aromatic rings. The molecule has 0 atom stereocenters. The van der Waals surface area contributed by atoms with Crippen LogP contribution in [0.2, 0.25) is 0 Å². The van der Waals surface area contributed by atoms with E-state index in [9.17, 15) is 9.36 Å². The van der Waals surface area contributed by atoms with Gasteiger partial charge >= 0.3 is 13.6 Å². The lowest BCUT2D eigenvalue weighted by Gasteiger charge is -2.19. The Labute approximate surface area is 122 Å². The predicted molar refractivity (Wildman–Crippen MR) is 77.3 cm³/mol. The second kappa shape index (κ2) is 7.35. The van der Waals surface area contributed by atoms with Gasteiger partial charge in [0.1, 0.15) is 11.4 Å². The summed E-state index contributed by atoms with van der Waals surface area (Å²) < 4.78 is 28.0. The van der Waals surface area contributed by atoms with Crippen LogP contribution in [-0.4, -0.2) is 35.8 Å². The average molecular weight is 318 g/mol. The van der Waals surface area contributed by atoms with E-state index in [0.717, 1.165) is 0 Å². The fourth-order valence-corrected chi connectivity index (χ4v) is 3.28. The van der Waals surface area contributed by atoms with Crippen molar-refractivity contribution in [3.63, 3.8) is 0 Å². The lowest BCUT2D eigenvalue weighted by atomic mass is 10.3. The zero-order valence-corrected chi connectivity index (χ0v) is 13.1. The van der Waals surface area contributed by atoms with Crippen molar-refractivity contribution in [2.24, 2.45) is 0 Å². The molecule has 1 heterocycles. The minimum Gasteiger partial charge on any atom is -0.462 e. The molecule has 0 saturated carbocycles. The van der Waals surface area contributed by atoms with Gasteiger partial charge in [0.05, 0.1) is 19.8 Å². The molecule has 1 rings (SSSR count). The molecular formula is C11H19N4O5P. The number of esters is 1. The quantitative estimate of drug-likeness (QED) is 0.549. The third-order valence-electron chi connectivity index (χ3n) is 2.27. The van der Waals surface area contributed by atoms with Crippen LogP contribution in [0.1, 0.15) is 31.1 Å². The van der Waals surface area contributed by atoms with E-state index in [4.69, 9.17) is 25.3 Å². The molecule has 0 amide bonds. The number of carbonyl (C=O) groups is 1. The Balaban J connectivity index is 3.51. The number of carbonyl (C=O) groups excluding carboxylic acids is 1. The zero-order chi connectivity index (χ0) is 16.0. The van der Waals surface area contributed by atoms with E-state index in [2.05, 4.69) is 9.97 Å². The fourth-order valence-electron chi connectivity index (χ4n) is 1.58. The maximum Gasteiger partial charge on any atom is 0.380 e. The molecular weight excluding hydrogens is 299 g/mol. The van der Waals surface area contributed by atoms with Crippen LogP contribution in [-0.2, 0) is 18.3 Å². The molecule has 0 spiro atoms. The smallest absolute Gasteiger partial charge is 0.380 e. The molecule has 0 aromatic carbocycles. The van der Waals surface area contributed by atoms with Crippen LogP contribution in [0.25, 0.3) is 0 Å². The van der Waals surface area contributed by atoms with Gasteiger partial charge in [0.15, 0.2) is 5.44 Å². The van der Waals surface area contributed by atoms with Crippen LogP contribution in [0.3, 0.4) is 0 Å². The Morgan fingerprint density at radius 3 is 2.14 bits per heavy atom. The molecule has 0 aliphatic rings. The van der Waals surface area contributed by atoms with E-state index in [-0.39, 0.29) is 42.6 Å². The van der Waals surface area contributed by atoms with Gasteiger partial charge in [0, 0.05) is 0 Å². The molecule has 0 aliphatic carbocycles. The van der Waals surface area contributed by atoms with Gasteiger partial charge in [-0.15, -0.1) is 0 Å². The first-order chi connectivity index (χ1) is 9.89. The van der Waals surface area contributed by atoms with Crippen LogP contribution < -0.4 is 16.9 Å². The molecule has 0 aliphatic heterocycles. The van der Waals surface area contributed by atoms with E-state index in [1.165, 1.54) is 0 Å². The van der Waals surface area contributed by atoms with Crippen molar-refractivity contribution >= 4 is 30.8 Å². The van der Waals surface area contributed by atoms with Crippen molar-refractivity contribution in [3.05, 3.63) is 5.56 Å². The molecule has 0 unspecified atom stereocenters. The summed E-state index contributed by atoms with van der Waals surface area (Å²) in [5.41, 5.74) is 10.6. The number of anilines is 2. The highest BCUT2D eigenvalue weighted by Gasteiger charge is 2.36. The Bertz CT molecular complexity index is 556. The maximum atomic E-state index is 12.8. The van der Waals surface area contributed by atoms with Crippen molar-refractivity contribution in [1.29, 1.82) is 0 Å². The Morgan fingerprint density at radius 2 is 1.67 bits per heavy atom. The Hall–Kier alpha value is -1.70. The fraction of sp³-hybridized carbons (Fsp3) is 0.545. The SMILES string of the molecule is CCOC(=O)c1c(N)nc(N)nc1P(=O)(OCC)OCC. The van der Waals surface area contributed by atoms with Crippen LogP contribution in [0, 0.1) is 0 Å². The predicted octanol–water partition coefficient (Wildman–Crippen LogP) is 0.709. The average Bonchev–Trinajstić information content (AvgIpc) is 2.38. The van der Waals surface area contributed by atoms with Crippen molar-refractivity contribution in [3.8, 4) is 0 Å². The summed E-state index contributed by atoms with van der Waals surface area (Å²) >= 11 is 0. The highest BCUT2D eigenvalue weighted by molar-refractivity contribution is 7.62. The largest absolute Gasteiger partial charge is 0.462 e. The molecule has 0 fully saturated rings. The molecule has 4 N–H and O–H groups in total. The molecule has 1 aromatic heterocycles. The first-order valence-electron chi connectivity index (χ1n) is 6.39. The van der Waals surface area contributed by atoms with Gasteiger partial charge in [-0.05, 0) is 20.8 Å². The van der Waals surface area contributed by atoms with Crippen molar-refractivity contribution in [2.45, 2.75) is 20.8 Å². The van der Waals surface area contributed by atoms with E-state index >= 15 is 0 Å². The van der Waals surface area contributed by atoms with E-state index in [0.29, 0.717) is 0 Å². The monoisotopic (exact) mass is 318 g/mol. The second-order valence-corrected chi connectivity index (χ2v) is 5.65. The summed E-state index contributed by atoms with van der Waals surface area (Å²) in [7, 11) is -3.85. The maximum absolute atomic E-state index is 12.8. The first-order valence-corrected chi connectivity index (χ1v) is 7.93. The molecule has 10 heteroatoms. The highest BCUT2D eigenvalue weighted by Crippen LogP contribution is 2.47. The Kier molecular flexibility index (Phi) is 6.07. The third-order valence-corrected chi connectivity index (χ3v) is 4.31. The van der Waals surface area contributed by atoms with Gasteiger partial charge in [-0.3, -0.25) is 4.57 Å². The molecule has 0 saturated heterocycles. The van der Waals surface area contributed by atoms with E-state index < -0.39 is 13.6 Å². The number of hydrogen-bond acceptors (Lipinski definition) is 9. The van der Waals surface area contributed by atoms with Gasteiger partial charge in [0.25, 0.3) is 0 Å². The van der Waals surface area contributed by atoms with Gasteiger partial charge in [-0.25, -0.2) is 9.78 Å². The number of rotatable bonds is 7. The molecule has 0 bridgehead atoms. The van der Waals surface area contributed by atoms with Crippen LogP contribution in [0.15, 0.2) is 0 Å². The molecule has 118 valence electrons. The summed E-state index contributed by atoms with van der Waals surface area (Å²) in [6, 6.07) is 0. The summed E-state index contributed by atoms with van der Waals surface area (Å²) in [5, 5.41) is 0. The van der Waals surface area contributed by atoms with Gasteiger partial charge in [-0.1, -0.05) is 0 Å². The van der Waals surface area contributed by atoms with E-state index in [1.54, 1.807) is 20.8 Å². The lowest BCUT2D eigenvalue weighted by Crippen LogP contribution is -2.27. The number of hydrogen-bond donors (Lipinski definition) is 2. The lowest BCUT2D eigenvalue weighted by molar-refractivity contribution is 0.0527. The number of nitrogens with two attached hydrogens (primary N) is 2. The summed E-state index contributed by atoms with van der Waals surface area (Å²) in [4.78, 5) is 19.5. The number of nitrogens with zero attached hydrogens (tertiary/aromatic N) is 2. The number of aromatic nitrogens is 2. The number of nitrogen functional groups attached to an aromatic ring is 2. The highest BCUT2D eigenvalue weighted by atomic mass is 31.2. The van der Waals surface area contributed by atoms with Crippen LogP contribution in [0.5, 0.6) is 0 Å². The molecule has 0 radical (unpaired) electrons. The minimum atomic E-state index is -3.85. The van der Waals surface area contributed by atoms with Gasteiger partial charge in [0.2, 0.25) is 5.95 Å². The van der Waals surface area contributed by atoms with Crippen molar-refractivity contribution in [2.75, 3.05) is 31.3 Å². The summed E-state index contributed by atoms with van der Waals surface area (Å²) in [6.07, 6.45) is 0.